The first kappa shape index (κ1) is 17.9. The Morgan fingerprint density at radius 1 is 1.15 bits per heavy atom. The Hall–Kier alpha value is -2.45. The van der Waals surface area contributed by atoms with Crippen LogP contribution in [-0.4, -0.2) is 15.8 Å². The number of nitrogens with one attached hydrogen (secondary N) is 1. The fourth-order valence-electron chi connectivity index (χ4n) is 4.38. The van der Waals surface area contributed by atoms with Crippen molar-refractivity contribution < 1.29 is 0 Å². The van der Waals surface area contributed by atoms with E-state index in [1.807, 2.05) is 24.3 Å². The van der Waals surface area contributed by atoms with E-state index in [1.54, 1.807) is 4.68 Å². The third kappa shape index (κ3) is 4.12. The highest BCUT2D eigenvalue weighted by molar-refractivity contribution is 5.32. The summed E-state index contributed by atoms with van der Waals surface area (Å²) in [4.78, 5) is 12.5. The number of rotatable bonds is 4. The van der Waals surface area contributed by atoms with Gasteiger partial charge < -0.3 is 5.32 Å². The van der Waals surface area contributed by atoms with Crippen molar-refractivity contribution in [1.29, 1.82) is 5.26 Å². The molecule has 0 radical (unpaired) electrons. The highest BCUT2D eigenvalue weighted by Gasteiger charge is 2.24. The highest BCUT2D eigenvalue weighted by atomic mass is 16.1. The zero-order valence-corrected chi connectivity index (χ0v) is 15.7. The van der Waals surface area contributed by atoms with Crippen LogP contribution >= 0.6 is 0 Å². The van der Waals surface area contributed by atoms with Gasteiger partial charge in [0.25, 0.3) is 5.56 Å². The third-order valence-electron chi connectivity index (χ3n) is 5.93. The van der Waals surface area contributed by atoms with Crippen LogP contribution in [0, 0.1) is 11.3 Å². The van der Waals surface area contributed by atoms with Gasteiger partial charge in [-0.1, -0.05) is 12.1 Å². The fraction of sp³-hybridized carbons (Fsp3) is 0.500. The van der Waals surface area contributed by atoms with Gasteiger partial charge in [-0.3, -0.25) is 4.79 Å². The number of aryl methyl sites for hydroxylation is 2. The molecule has 0 saturated heterocycles. The molecule has 1 aromatic heterocycles. The van der Waals surface area contributed by atoms with Crippen molar-refractivity contribution in [3.63, 3.8) is 0 Å². The first-order valence-electron chi connectivity index (χ1n) is 10.1. The lowest BCUT2D eigenvalue weighted by Crippen LogP contribution is -2.37. The molecule has 2 aromatic rings. The van der Waals surface area contributed by atoms with Crippen LogP contribution in [0.15, 0.2) is 35.1 Å². The molecular formula is C22H26N4O. The quantitative estimate of drug-likeness (QED) is 0.906. The van der Waals surface area contributed by atoms with Crippen LogP contribution < -0.4 is 10.9 Å². The molecule has 0 amide bonds. The lowest BCUT2D eigenvalue weighted by molar-refractivity contribution is 0.266. The number of nitriles is 1. The molecule has 0 spiro atoms. The SMILES string of the molecule is N#Cc1cccc(CNC2CCC(n3nc4c(cc3=O)CCCC4)CC2)c1. The van der Waals surface area contributed by atoms with E-state index in [9.17, 15) is 4.79 Å². The van der Waals surface area contributed by atoms with Crippen molar-refractivity contribution in [3.05, 3.63) is 63.1 Å². The predicted molar refractivity (Wildman–Crippen MR) is 104 cm³/mol. The van der Waals surface area contributed by atoms with Crippen molar-refractivity contribution in [1.82, 2.24) is 15.1 Å². The Bertz CT molecular complexity index is 903. The second-order valence-electron chi connectivity index (χ2n) is 7.80. The van der Waals surface area contributed by atoms with Gasteiger partial charge in [0, 0.05) is 18.7 Å². The molecule has 0 atom stereocenters. The number of hydrogen-bond acceptors (Lipinski definition) is 4. The molecular weight excluding hydrogens is 336 g/mol. The minimum absolute atomic E-state index is 0.0698. The van der Waals surface area contributed by atoms with Crippen LogP contribution in [-0.2, 0) is 19.4 Å². The number of aromatic nitrogens is 2. The second-order valence-corrected chi connectivity index (χ2v) is 7.80. The van der Waals surface area contributed by atoms with Gasteiger partial charge in [0.05, 0.1) is 23.4 Å². The monoisotopic (exact) mass is 362 g/mol. The smallest absolute Gasteiger partial charge is 0.267 e. The summed E-state index contributed by atoms with van der Waals surface area (Å²) in [5.41, 5.74) is 4.22. The van der Waals surface area contributed by atoms with E-state index in [1.165, 1.54) is 12.8 Å². The van der Waals surface area contributed by atoms with Crippen molar-refractivity contribution in [2.45, 2.75) is 70.0 Å². The van der Waals surface area contributed by atoms with Crippen LogP contribution in [0.1, 0.15) is 67.0 Å². The van der Waals surface area contributed by atoms with Crippen molar-refractivity contribution in [3.8, 4) is 6.07 Å². The van der Waals surface area contributed by atoms with Gasteiger partial charge in [0.1, 0.15) is 0 Å². The maximum absolute atomic E-state index is 12.5. The topological polar surface area (TPSA) is 70.7 Å². The Morgan fingerprint density at radius 2 is 1.96 bits per heavy atom. The Balaban J connectivity index is 1.35. The summed E-state index contributed by atoms with van der Waals surface area (Å²) in [6, 6.07) is 12.5. The van der Waals surface area contributed by atoms with Crippen LogP contribution in [0.2, 0.25) is 0 Å². The number of fused-ring (bicyclic) bond motifs is 1. The van der Waals surface area contributed by atoms with Crippen LogP contribution in [0.3, 0.4) is 0 Å². The minimum atomic E-state index is 0.0698. The Kier molecular flexibility index (Phi) is 5.35. The molecule has 1 heterocycles. The molecule has 140 valence electrons. The Morgan fingerprint density at radius 3 is 2.78 bits per heavy atom. The van der Waals surface area contributed by atoms with Gasteiger partial charge in [0.15, 0.2) is 0 Å². The third-order valence-corrected chi connectivity index (χ3v) is 5.93. The van der Waals surface area contributed by atoms with Crippen molar-refractivity contribution in [2.75, 3.05) is 0 Å². The largest absolute Gasteiger partial charge is 0.310 e. The van der Waals surface area contributed by atoms with Gasteiger partial charge in [-0.05, 0) is 74.6 Å². The molecule has 27 heavy (non-hydrogen) atoms. The maximum atomic E-state index is 12.5. The van der Waals surface area contributed by atoms with Gasteiger partial charge in [0.2, 0.25) is 0 Å². The number of nitrogens with zero attached hydrogens (tertiary/aromatic N) is 3. The molecule has 5 nitrogen and oxygen atoms in total. The lowest BCUT2D eigenvalue weighted by atomic mass is 9.90. The molecule has 2 aliphatic carbocycles. The molecule has 5 heteroatoms. The van der Waals surface area contributed by atoms with Gasteiger partial charge in [-0.15, -0.1) is 0 Å². The summed E-state index contributed by atoms with van der Waals surface area (Å²) < 4.78 is 1.76. The average Bonchev–Trinajstić information content (AvgIpc) is 2.72. The standard InChI is InChI=1S/C22H26N4O/c23-14-16-4-3-5-17(12-16)15-24-19-8-10-20(11-9-19)26-22(27)13-18-6-1-2-7-21(18)25-26/h3-5,12-13,19-20,24H,1-2,6-11,15H2. The van der Waals surface area contributed by atoms with Crippen molar-refractivity contribution in [2.24, 2.45) is 0 Å². The van der Waals surface area contributed by atoms with Crippen molar-refractivity contribution >= 4 is 0 Å². The number of hydrogen-bond donors (Lipinski definition) is 1. The highest BCUT2D eigenvalue weighted by Crippen LogP contribution is 2.28. The molecule has 1 aromatic carbocycles. The Labute approximate surface area is 160 Å². The van der Waals surface area contributed by atoms with E-state index >= 15 is 0 Å². The lowest BCUT2D eigenvalue weighted by Gasteiger charge is -2.30. The average molecular weight is 362 g/mol. The van der Waals surface area contributed by atoms with E-state index in [0.717, 1.165) is 61.9 Å². The van der Waals surface area contributed by atoms with Gasteiger partial charge in [-0.2, -0.15) is 10.4 Å². The maximum Gasteiger partial charge on any atom is 0.267 e. The van der Waals surface area contributed by atoms with Crippen LogP contribution in [0.4, 0.5) is 0 Å². The molecule has 1 saturated carbocycles. The van der Waals surface area contributed by atoms with E-state index in [4.69, 9.17) is 10.4 Å². The number of benzene rings is 1. The molecule has 0 bridgehead atoms. The minimum Gasteiger partial charge on any atom is -0.310 e. The molecule has 1 N–H and O–H groups in total. The predicted octanol–water partition coefficient (Wildman–Crippen LogP) is 3.27. The summed E-state index contributed by atoms with van der Waals surface area (Å²) in [6.07, 6.45) is 8.44. The molecule has 4 rings (SSSR count). The fourth-order valence-corrected chi connectivity index (χ4v) is 4.38. The summed E-state index contributed by atoms with van der Waals surface area (Å²) in [7, 11) is 0. The van der Waals surface area contributed by atoms with E-state index < -0.39 is 0 Å². The van der Waals surface area contributed by atoms with Gasteiger partial charge in [-0.25, -0.2) is 4.68 Å². The first-order chi connectivity index (χ1) is 13.2. The van der Waals surface area contributed by atoms with Crippen LogP contribution in [0.25, 0.3) is 0 Å². The van der Waals surface area contributed by atoms with Crippen LogP contribution in [0.5, 0.6) is 0 Å². The first-order valence-corrected chi connectivity index (χ1v) is 10.1. The summed E-state index contributed by atoms with van der Waals surface area (Å²) >= 11 is 0. The normalized spacial score (nSPS) is 22.0. The molecule has 2 aliphatic rings. The summed E-state index contributed by atoms with van der Waals surface area (Å²) in [5.74, 6) is 0. The van der Waals surface area contributed by atoms with Gasteiger partial charge >= 0.3 is 0 Å². The zero-order chi connectivity index (χ0) is 18.6. The summed E-state index contributed by atoms with van der Waals surface area (Å²) in [6.45, 7) is 0.780. The summed E-state index contributed by atoms with van der Waals surface area (Å²) in [5, 5.41) is 17.3. The zero-order valence-electron chi connectivity index (χ0n) is 15.7. The molecule has 0 unspecified atom stereocenters. The van der Waals surface area contributed by atoms with E-state index in [0.29, 0.717) is 11.6 Å². The van der Waals surface area contributed by atoms with E-state index in [-0.39, 0.29) is 11.6 Å². The molecule has 1 fully saturated rings. The molecule has 0 aliphatic heterocycles. The second kappa shape index (κ2) is 8.06. The van der Waals surface area contributed by atoms with E-state index in [2.05, 4.69) is 17.5 Å².